The summed E-state index contributed by atoms with van der Waals surface area (Å²) in [6, 6.07) is 18.2. The molecule has 0 saturated carbocycles. The molecule has 0 aromatic heterocycles. The van der Waals surface area contributed by atoms with Crippen LogP contribution < -0.4 is 9.47 Å². The number of rotatable bonds is 22. The van der Waals surface area contributed by atoms with Crippen LogP contribution in [0.1, 0.15) is 125 Å². The molecule has 0 aliphatic rings. The van der Waals surface area contributed by atoms with E-state index in [1.165, 1.54) is 76.0 Å². The zero-order valence-corrected chi connectivity index (χ0v) is 28.3. The molecule has 0 bridgehead atoms. The third-order valence-corrected chi connectivity index (χ3v) is 8.36. The first-order valence-corrected chi connectivity index (χ1v) is 17.3. The van der Waals surface area contributed by atoms with Crippen molar-refractivity contribution in [3.8, 4) is 22.6 Å². The highest BCUT2D eigenvalue weighted by atomic mass is 16.6. The topological polar surface area (TPSA) is 105 Å². The molecule has 3 aromatic rings. The monoisotopic (exact) mass is 645 g/mol. The molecule has 0 amide bonds. The molecule has 0 radical (unpaired) electrons. The lowest BCUT2D eigenvalue weighted by Crippen LogP contribution is -2.11. The number of esters is 2. The van der Waals surface area contributed by atoms with Crippen molar-refractivity contribution >= 4 is 17.6 Å². The molecule has 0 aliphatic heterocycles. The Labute approximate surface area is 280 Å². The molecule has 0 fully saturated rings. The van der Waals surface area contributed by atoms with Crippen molar-refractivity contribution in [1.29, 1.82) is 0 Å². The second-order valence-electron chi connectivity index (χ2n) is 12.3. The Bertz CT molecular complexity index is 1390. The summed E-state index contributed by atoms with van der Waals surface area (Å²) < 4.78 is 16.6. The Balaban J connectivity index is 1.44. The molecule has 0 unspecified atom stereocenters. The minimum absolute atomic E-state index is 0.0642. The Morgan fingerprint density at radius 3 is 1.79 bits per heavy atom. The highest BCUT2D eigenvalue weighted by molar-refractivity contribution is 5.92. The van der Waals surface area contributed by atoms with Crippen LogP contribution in [0.15, 0.2) is 66.7 Å². The number of hydrogen-bond donors (Lipinski definition) is 0. The standard InChI is InChI=1S/C39H51NO7/c1-4-6-7-8-9-10-11-12-13-14-15-16-27-45-37-26-23-34(28-36(37)40(43)44)39(42)47-35-24-21-32(22-25-35)31-17-19-33(20-18-31)38(41)46-29-30(3)5-2/h17-26,28,30H,4-16,27,29H2,1-3H3/t30-/m0/s1. The number of carbonyl (C=O) groups excluding carboxylic acids is 2. The van der Waals surface area contributed by atoms with Gasteiger partial charge < -0.3 is 14.2 Å². The average Bonchev–Trinajstić information content (AvgIpc) is 3.09. The molecule has 0 N–H and O–H groups in total. The molecular formula is C39H51NO7. The molecule has 1 atom stereocenters. The molecular weight excluding hydrogens is 594 g/mol. The molecule has 0 spiro atoms. The van der Waals surface area contributed by atoms with Gasteiger partial charge in [-0.1, -0.05) is 122 Å². The minimum atomic E-state index is -0.700. The van der Waals surface area contributed by atoms with Crippen LogP contribution in [0, 0.1) is 16.0 Å². The largest absolute Gasteiger partial charge is 0.487 e. The van der Waals surface area contributed by atoms with Gasteiger partial charge in [-0.25, -0.2) is 9.59 Å². The highest BCUT2D eigenvalue weighted by Gasteiger charge is 2.20. The van der Waals surface area contributed by atoms with Gasteiger partial charge in [-0.05, 0) is 59.9 Å². The Morgan fingerprint density at radius 2 is 1.23 bits per heavy atom. The van der Waals surface area contributed by atoms with Gasteiger partial charge in [-0.3, -0.25) is 10.1 Å². The Hall–Kier alpha value is -4.20. The van der Waals surface area contributed by atoms with E-state index < -0.39 is 10.9 Å². The van der Waals surface area contributed by atoms with E-state index in [9.17, 15) is 19.7 Å². The molecule has 3 rings (SSSR count). The van der Waals surface area contributed by atoms with E-state index in [1.807, 2.05) is 19.1 Å². The van der Waals surface area contributed by atoms with E-state index in [2.05, 4.69) is 13.8 Å². The lowest BCUT2D eigenvalue weighted by Gasteiger charge is -2.10. The summed E-state index contributed by atoms with van der Waals surface area (Å²) in [6.07, 6.45) is 15.7. The molecule has 3 aromatic carbocycles. The number of carbonyl (C=O) groups is 2. The summed E-state index contributed by atoms with van der Waals surface area (Å²) >= 11 is 0. The van der Waals surface area contributed by atoms with Crippen LogP contribution in [-0.4, -0.2) is 30.1 Å². The maximum atomic E-state index is 12.8. The van der Waals surface area contributed by atoms with Crippen LogP contribution in [0.5, 0.6) is 11.5 Å². The quantitative estimate of drug-likeness (QED) is 0.0352. The summed E-state index contributed by atoms with van der Waals surface area (Å²) in [5.74, 6) is -0.284. The fourth-order valence-corrected chi connectivity index (χ4v) is 5.13. The predicted octanol–water partition coefficient (Wildman–Crippen LogP) is 10.8. The van der Waals surface area contributed by atoms with Crippen LogP contribution >= 0.6 is 0 Å². The number of nitro benzene ring substituents is 1. The fourth-order valence-electron chi connectivity index (χ4n) is 5.13. The van der Waals surface area contributed by atoms with E-state index in [0.29, 0.717) is 30.4 Å². The average molecular weight is 646 g/mol. The van der Waals surface area contributed by atoms with E-state index in [-0.39, 0.29) is 23.0 Å². The van der Waals surface area contributed by atoms with Gasteiger partial charge >= 0.3 is 17.6 Å². The van der Waals surface area contributed by atoms with Crippen molar-refractivity contribution in [3.05, 3.63) is 88.0 Å². The van der Waals surface area contributed by atoms with Gasteiger partial charge in [0.1, 0.15) is 5.75 Å². The van der Waals surface area contributed by atoms with Gasteiger partial charge in [0.2, 0.25) is 0 Å². The van der Waals surface area contributed by atoms with E-state index >= 15 is 0 Å². The summed E-state index contributed by atoms with van der Waals surface area (Å²) in [6.45, 7) is 7.11. The van der Waals surface area contributed by atoms with Crippen molar-refractivity contribution in [2.75, 3.05) is 13.2 Å². The zero-order chi connectivity index (χ0) is 33.9. The number of nitro groups is 1. The number of nitrogens with zero attached hydrogens (tertiary/aromatic N) is 1. The Kier molecular flexibility index (Phi) is 16.5. The maximum absolute atomic E-state index is 12.8. The number of benzene rings is 3. The number of ether oxygens (including phenoxy) is 3. The van der Waals surface area contributed by atoms with E-state index in [1.54, 1.807) is 36.4 Å². The second-order valence-corrected chi connectivity index (χ2v) is 12.3. The van der Waals surface area contributed by atoms with Gasteiger partial charge in [-0.2, -0.15) is 0 Å². The molecule has 0 saturated heterocycles. The zero-order valence-electron chi connectivity index (χ0n) is 28.3. The van der Waals surface area contributed by atoms with Crippen LogP contribution in [0.4, 0.5) is 5.69 Å². The van der Waals surface area contributed by atoms with Crippen molar-refractivity contribution in [2.45, 2.75) is 104 Å². The minimum Gasteiger partial charge on any atom is -0.487 e. The number of hydrogen-bond acceptors (Lipinski definition) is 7. The summed E-state index contributed by atoms with van der Waals surface area (Å²) in [5, 5.41) is 11.7. The first-order chi connectivity index (χ1) is 22.8. The van der Waals surface area contributed by atoms with Crippen LogP contribution in [-0.2, 0) is 4.74 Å². The van der Waals surface area contributed by atoms with Crippen molar-refractivity contribution in [2.24, 2.45) is 5.92 Å². The summed E-state index contributed by atoms with van der Waals surface area (Å²) in [7, 11) is 0. The SMILES string of the molecule is CCCCCCCCCCCCCCOc1ccc(C(=O)Oc2ccc(-c3ccc(C(=O)OC[C@@H](C)CC)cc3)cc2)cc1[N+](=O)[O-]. The van der Waals surface area contributed by atoms with Crippen LogP contribution in [0.25, 0.3) is 11.1 Å². The third kappa shape index (κ3) is 13.2. The second kappa shape index (κ2) is 20.8. The van der Waals surface area contributed by atoms with E-state index in [0.717, 1.165) is 36.8 Å². The molecule has 0 heterocycles. The van der Waals surface area contributed by atoms with Crippen LogP contribution in [0.3, 0.4) is 0 Å². The molecule has 47 heavy (non-hydrogen) atoms. The van der Waals surface area contributed by atoms with Gasteiger partial charge in [-0.15, -0.1) is 0 Å². The maximum Gasteiger partial charge on any atom is 0.343 e. The Morgan fingerprint density at radius 1 is 0.702 bits per heavy atom. The molecule has 8 nitrogen and oxygen atoms in total. The van der Waals surface area contributed by atoms with Crippen molar-refractivity contribution < 1.29 is 28.7 Å². The number of unbranched alkanes of at least 4 members (excludes halogenated alkanes) is 11. The third-order valence-electron chi connectivity index (χ3n) is 8.36. The normalized spacial score (nSPS) is 11.6. The smallest absolute Gasteiger partial charge is 0.343 e. The summed E-state index contributed by atoms with van der Waals surface area (Å²) in [4.78, 5) is 36.3. The molecule has 8 heteroatoms. The molecule has 0 aliphatic carbocycles. The van der Waals surface area contributed by atoms with Gasteiger partial charge in [0.25, 0.3) is 0 Å². The van der Waals surface area contributed by atoms with E-state index in [4.69, 9.17) is 14.2 Å². The van der Waals surface area contributed by atoms with Gasteiger partial charge in [0.15, 0.2) is 5.75 Å². The van der Waals surface area contributed by atoms with Crippen LogP contribution in [0.2, 0.25) is 0 Å². The lowest BCUT2D eigenvalue weighted by atomic mass is 10.0. The summed E-state index contributed by atoms with van der Waals surface area (Å²) in [5.41, 5.74) is 2.04. The highest BCUT2D eigenvalue weighted by Crippen LogP contribution is 2.29. The lowest BCUT2D eigenvalue weighted by molar-refractivity contribution is -0.385. The van der Waals surface area contributed by atoms with Crippen molar-refractivity contribution in [1.82, 2.24) is 0 Å². The predicted molar refractivity (Wildman–Crippen MR) is 186 cm³/mol. The first-order valence-electron chi connectivity index (χ1n) is 17.3. The molecule has 254 valence electrons. The van der Waals surface area contributed by atoms with Gasteiger partial charge in [0, 0.05) is 6.07 Å². The van der Waals surface area contributed by atoms with Gasteiger partial charge in [0.05, 0.1) is 29.3 Å². The fraction of sp³-hybridized carbons (Fsp3) is 0.487. The first kappa shape index (κ1) is 37.3. The van der Waals surface area contributed by atoms with Crippen molar-refractivity contribution in [3.63, 3.8) is 0 Å².